The monoisotopic (exact) mass is 447 g/mol. The number of hydrogen-bond donors (Lipinski definition) is 1. The van der Waals surface area contributed by atoms with Crippen LogP contribution in [0.2, 0.25) is 0 Å². The lowest BCUT2D eigenvalue weighted by Crippen LogP contribution is -2.36. The van der Waals surface area contributed by atoms with Gasteiger partial charge >= 0.3 is 0 Å². The van der Waals surface area contributed by atoms with Gasteiger partial charge < -0.3 is 19.7 Å². The van der Waals surface area contributed by atoms with E-state index in [2.05, 4.69) is 22.3 Å². The molecule has 1 aliphatic heterocycles. The number of ether oxygens (including phenoxy) is 2. The van der Waals surface area contributed by atoms with Crippen LogP contribution >= 0.6 is 0 Å². The third kappa shape index (κ3) is 7.23. The normalized spacial score (nSPS) is 14.5. The Labute approximate surface area is 183 Å². The number of amides is 1. The summed E-state index contributed by atoms with van der Waals surface area (Å²) in [5.41, 5.74) is 3.02. The van der Waals surface area contributed by atoms with Crippen molar-refractivity contribution in [1.82, 2.24) is 9.62 Å². The zero-order valence-corrected chi connectivity index (χ0v) is 18.7. The van der Waals surface area contributed by atoms with E-state index in [0.717, 1.165) is 43.1 Å². The summed E-state index contributed by atoms with van der Waals surface area (Å²) in [6, 6.07) is 15.2. The molecule has 1 aliphatic rings. The number of carbonyl (C=O) groups excluding carboxylic acids is 1. The van der Waals surface area contributed by atoms with E-state index in [0.29, 0.717) is 12.3 Å². The number of sulfonamides is 1. The van der Waals surface area contributed by atoms with Crippen LogP contribution in [0.1, 0.15) is 11.1 Å². The molecule has 1 amide bonds. The minimum absolute atomic E-state index is 0.0888. The lowest BCUT2D eigenvalue weighted by atomic mass is 10.2. The maximum Gasteiger partial charge on any atom is 0.258 e. The van der Waals surface area contributed by atoms with Gasteiger partial charge in [-0.15, -0.1) is 0 Å². The Morgan fingerprint density at radius 3 is 2.29 bits per heavy atom. The molecule has 0 radical (unpaired) electrons. The Kier molecular flexibility index (Phi) is 7.89. The topological polar surface area (TPSA) is 88.2 Å². The molecule has 168 valence electrons. The summed E-state index contributed by atoms with van der Waals surface area (Å²) in [6.45, 7) is 3.91. The molecule has 3 rings (SSSR count). The second kappa shape index (κ2) is 10.6. The van der Waals surface area contributed by atoms with Crippen LogP contribution in [0, 0.1) is 0 Å². The first kappa shape index (κ1) is 23.1. The molecule has 0 aliphatic carbocycles. The summed E-state index contributed by atoms with van der Waals surface area (Å²) in [5, 5.41) is 2.85. The molecule has 2 aromatic carbocycles. The minimum atomic E-state index is -3.23. The summed E-state index contributed by atoms with van der Waals surface area (Å²) >= 11 is 0. The molecule has 8 nitrogen and oxygen atoms in total. The lowest BCUT2D eigenvalue weighted by molar-refractivity contribution is -0.123. The van der Waals surface area contributed by atoms with Gasteiger partial charge in [-0.1, -0.05) is 24.3 Å². The van der Waals surface area contributed by atoms with E-state index in [1.54, 1.807) is 24.3 Å². The molecule has 9 heteroatoms. The van der Waals surface area contributed by atoms with E-state index in [9.17, 15) is 13.2 Å². The SMILES string of the molecule is CN(Cc1ccc(OCC(=O)NCc2ccc(N3CCOCC3)cc2)cc1)S(C)(=O)=O. The van der Waals surface area contributed by atoms with Gasteiger partial charge in [-0.2, -0.15) is 0 Å². The highest BCUT2D eigenvalue weighted by molar-refractivity contribution is 7.88. The summed E-state index contributed by atoms with van der Waals surface area (Å²) in [6.07, 6.45) is 1.17. The molecule has 0 bridgehead atoms. The Bertz CT molecular complexity index is 956. The second-order valence-corrected chi connectivity index (χ2v) is 9.58. The summed E-state index contributed by atoms with van der Waals surface area (Å²) < 4.78 is 35.1. The average molecular weight is 448 g/mol. The standard InChI is InChI=1S/C22H29N3O5S/c1-24(31(2,27)28)16-19-5-9-21(10-6-19)30-17-22(26)23-15-18-3-7-20(8-4-18)25-11-13-29-14-12-25/h3-10H,11-17H2,1-2H3,(H,23,26). The maximum absolute atomic E-state index is 12.1. The molecule has 1 saturated heterocycles. The third-order valence-corrected chi connectivity index (χ3v) is 6.33. The van der Waals surface area contributed by atoms with Gasteiger partial charge in [0.15, 0.2) is 6.61 Å². The number of carbonyl (C=O) groups is 1. The van der Waals surface area contributed by atoms with Crippen LogP contribution in [0.25, 0.3) is 0 Å². The van der Waals surface area contributed by atoms with Gasteiger partial charge in [0.25, 0.3) is 5.91 Å². The fourth-order valence-electron chi connectivity index (χ4n) is 3.11. The van der Waals surface area contributed by atoms with E-state index in [1.165, 1.54) is 17.6 Å². The van der Waals surface area contributed by atoms with Gasteiger partial charge in [0.1, 0.15) is 5.75 Å². The molecule has 0 saturated carbocycles. The molecule has 1 N–H and O–H groups in total. The Morgan fingerprint density at radius 1 is 1.06 bits per heavy atom. The number of hydrogen-bond acceptors (Lipinski definition) is 6. The van der Waals surface area contributed by atoms with E-state index in [1.807, 2.05) is 12.1 Å². The first-order valence-electron chi connectivity index (χ1n) is 10.1. The van der Waals surface area contributed by atoms with Crippen molar-refractivity contribution in [2.75, 3.05) is 51.1 Å². The van der Waals surface area contributed by atoms with Crippen LogP contribution in [-0.4, -0.2) is 64.8 Å². The van der Waals surface area contributed by atoms with Crippen molar-refractivity contribution in [1.29, 1.82) is 0 Å². The molecule has 0 atom stereocenters. The fourth-order valence-corrected chi connectivity index (χ4v) is 3.50. The summed E-state index contributed by atoms with van der Waals surface area (Å²) in [4.78, 5) is 14.4. The van der Waals surface area contributed by atoms with Crippen molar-refractivity contribution in [3.05, 3.63) is 59.7 Å². The first-order chi connectivity index (χ1) is 14.8. The molecule has 1 fully saturated rings. The number of nitrogens with zero attached hydrogens (tertiary/aromatic N) is 2. The molecule has 0 unspecified atom stereocenters. The van der Waals surface area contributed by atoms with Gasteiger partial charge in [-0.05, 0) is 35.4 Å². The third-order valence-electron chi connectivity index (χ3n) is 5.07. The van der Waals surface area contributed by atoms with Crippen molar-refractivity contribution in [2.45, 2.75) is 13.1 Å². The van der Waals surface area contributed by atoms with Crippen molar-refractivity contribution in [3.63, 3.8) is 0 Å². The predicted molar refractivity (Wildman–Crippen MR) is 120 cm³/mol. The number of morpholine rings is 1. The minimum Gasteiger partial charge on any atom is -0.484 e. The summed E-state index contributed by atoms with van der Waals surface area (Å²) in [7, 11) is -1.70. The zero-order chi connectivity index (χ0) is 22.3. The molecular formula is C22H29N3O5S. The van der Waals surface area contributed by atoms with Crippen LogP contribution in [0.4, 0.5) is 5.69 Å². The van der Waals surface area contributed by atoms with Crippen molar-refractivity contribution >= 4 is 21.6 Å². The highest BCUT2D eigenvalue weighted by Crippen LogP contribution is 2.17. The average Bonchev–Trinajstić information content (AvgIpc) is 2.77. The Hall–Kier alpha value is -2.62. The van der Waals surface area contributed by atoms with E-state index >= 15 is 0 Å². The van der Waals surface area contributed by atoms with Gasteiger partial charge in [0.05, 0.1) is 19.5 Å². The molecule has 31 heavy (non-hydrogen) atoms. The van der Waals surface area contributed by atoms with Gasteiger partial charge in [-0.25, -0.2) is 12.7 Å². The lowest BCUT2D eigenvalue weighted by Gasteiger charge is -2.28. The van der Waals surface area contributed by atoms with Crippen LogP contribution in [-0.2, 0) is 32.6 Å². The van der Waals surface area contributed by atoms with Crippen molar-refractivity contribution in [3.8, 4) is 5.75 Å². The van der Waals surface area contributed by atoms with Crippen LogP contribution < -0.4 is 15.0 Å². The van der Waals surface area contributed by atoms with Gasteiger partial charge in [0.2, 0.25) is 10.0 Å². The highest BCUT2D eigenvalue weighted by Gasteiger charge is 2.12. The highest BCUT2D eigenvalue weighted by atomic mass is 32.2. The van der Waals surface area contributed by atoms with E-state index in [4.69, 9.17) is 9.47 Å². The van der Waals surface area contributed by atoms with Crippen molar-refractivity contribution < 1.29 is 22.7 Å². The number of anilines is 1. The van der Waals surface area contributed by atoms with Gasteiger partial charge in [-0.3, -0.25) is 4.79 Å². The first-order valence-corrected chi connectivity index (χ1v) is 12.0. The van der Waals surface area contributed by atoms with E-state index < -0.39 is 10.0 Å². The second-order valence-electron chi connectivity index (χ2n) is 7.49. The molecular weight excluding hydrogens is 418 g/mol. The number of benzene rings is 2. The fraction of sp³-hybridized carbons (Fsp3) is 0.409. The van der Waals surface area contributed by atoms with Crippen LogP contribution in [0.5, 0.6) is 5.75 Å². The van der Waals surface area contributed by atoms with Crippen LogP contribution in [0.15, 0.2) is 48.5 Å². The molecule has 0 aromatic heterocycles. The quantitative estimate of drug-likeness (QED) is 0.628. The largest absolute Gasteiger partial charge is 0.484 e. The van der Waals surface area contributed by atoms with Crippen molar-refractivity contribution in [2.24, 2.45) is 0 Å². The zero-order valence-electron chi connectivity index (χ0n) is 17.9. The molecule has 2 aromatic rings. The number of rotatable bonds is 9. The number of nitrogens with one attached hydrogen (secondary N) is 1. The Balaban J connectivity index is 1.41. The molecule has 0 spiro atoms. The van der Waals surface area contributed by atoms with Gasteiger partial charge in [0, 0.05) is 38.9 Å². The molecule has 1 heterocycles. The Morgan fingerprint density at radius 2 is 1.68 bits per heavy atom. The predicted octanol–water partition coefficient (Wildman–Crippen LogP) is 1.61. The van der Waals surface area contributed by atoms with E-state index in [-0.39, 0.29) is 19.1 Å². The van der Waals surface area contributed by atoms with Crippen LogP contribution in [0.3, 0.4) is 0 Å². The smallest absolute Gasteiger partial charge is 0.258 e. The maximum atomic E-state index is 12.1. The summed E-state index contributed by atoms with van der Waals surface area (Å²) in [5.74, 6) is 0.342.